The molecule has 0 saturated carbocycles. The van der Waals surface area contributed by atoms with Gasteiger partial charge in [-0.25, -0.2) is 9.19 Å². The third-order valence-electron chi connectivity index (χ3n) is 3.61. The molecule has 3 aromatic rings. The zero-order valence-electron chi connectivity index (χ0n) is 13.9. The minimum Gasteiger partial charge on any atom is -0.493 e. The molecule has 0 fully saturated rings. The monoisotopic (exact) mass is 384 g/mol. The van der Waals surface area contributed by atoms with E-state index in [0.717, 1.165) is 0 Å². The molecule has 138 valence electrons. The number of aromatic amines is 1. The Morgan fingerprint density at radius 3 is 2.77 bits per heavy atom. The first-order chi connectivity index (χ1) is 12.5. The van der Waals surface area contributed by atoms with Gasteiger partial charge in [-0.2, -0.15) is 8.78 Å². The maximum atomic E-state index is 12.8. The maximum Gasteiger partial charge on any atom is 0.387 e. The van der Waals surface area contributed by atoms with Crippen molar-refractivity contribution < 1.29 is 31.2 Å². The number of rotatable bonds is 7. The molecule has 2 heterocycles. The molecule has 26 heavy (non-hydrogen) atoms. The smallest absolute Gasteiger partial charge is 0.387 e. The van der Waals surface area contributed by atoms with Gasteiger partial charge in [0.15, 0.2) is 22.5 Å². The Morgan fingerprint density at radius 2 is 2.08 bits per heavy atom. The Morgan fingerprint density at radius 1 is 1.27 bits per heavy atom. The molecule has 0 bridgehead atoms. The van der Waals surface area contributed by atoms with Gasteiger partial charge in [0, 0.05) is 18.3 Å². The van der Waals surface area contributed by atoms with Crippen LogP contribution in [0.1, 0.15) is 5.69 Å². The van der Waals surface area contributed by atoms with Crippen molar-refractivity contribution in [2.75, 3.05) is 14.2 Å². The number of aromatic nitrogens is 3. The Hall–Kier alpha value is -2.75. The minimum absolute atomic E-state index is 0.0186. The van der Waals surface area contributed by atoms with E-state index in [9.17, 15) is 13.0 Å². The number of fused-ring (bicyclic) bond motifs is 1. The molecule has 0 aliphatic carbocycles. The molecule has 1 aromatic carbocycles. The van der Waals surface area contributed by atoms with Gasteiger partial charge in [-0.3, -0.25) is 4.98 Å². The van der Waals surface area contributed by atoms with Crippen molar-refractivity contribution in [3.63, 3.8) is 0 Å². The first-order valence-corrected chi connectivity index (χ1v) is 8.73. The van der Waals surface area contributed by atoms with E-state index in [1.54, 1.807) is 12.1 Å². The largest absolute Gasteiger partial charge is 0.493 e. The molecular formula is C16H16F2N3O4S+. The highest BCUT2D eigenvalue weighted by Crippen LogP contribution is 2.29. The summed E-state index contributed by atoms with van der Waals surface area (Å²) in [6, 6.07) is 6.01. The van der Waals surface area contributed by atoms with Crippen LogP contribution >= 0.6 is 0 Å². The summed E-state index contributed by atoms with van der Waals surface area (Å²) in [5, 5.41) is 0. The van der Waals surface area contributed by atoms with Crippen molar-refractivity contribution in [1.82, 2.24) is 9.97 Å². The number of methoxy groups -OCH3 is 2. The van der Waals surface area contributed by atoms with Crippen LogP contribution in [0.2, 0.25) is 0 Å². The van der Waals surface area contributed by atoms with Crippen LogP contribution in [0.5, 0.6) is 17.2 Å². The van der Waals surface area contributed by atoms with Crippen LogP contribution in [0.15, 0.2) is 36.8 Å². The number of ether oxygens (including phenoxy) is 3. The lowest BCUT2D eigenvalue weighted by Gasteiger charge is -2.10. The Kier molecular flexibility index (Phi) is 5.31. The van der Waals surface area contributed by atoms with Crippen molar-refractivity contribution in [2.45, 2.75) is 12.4 Å². The van der Waals surface area contributed by atoms with E-state index in [1.165, 1.54) is 42.8 Å². The third-order valence-corrected chi connectivity index (χ3v) is 4.88. The molecule has 10 heteroatoms. The number of nitrogens with one attached hydrogen (secondary N) is 1. The first-order valence-electron chi connectivity index (χ1n) is 7.45. The van der Waals surface area contributed by atoms with Crippen LogP contribution in [0.4, 0.5) is 8.78 Å². The molecule has 1 N–H and O–H groups in total. The van der Waals surface area contributed by atoms with Gasteiger partial charge >= 0.3 is 6.61 Å². The number of benzene rings is 1. The average Bonchev–Trinajstić information content (AvgIpc) is 3.04. The molecule has 1 atom stereocenters. The fourth-order valence-corrected chi connectivity index (χ4v) is 3.62. The molecular weight excluding hydrogens is 368 g/mol. The topological polar surface area (TPSA) is 77.3 Å². The molecule has 0 aliphatic heterocycles. The van der Waals surface area contributed by atoms with E-state index in [-0.39, 0.29) is 11.5 Å². The second-order valence-electron chi connectivity index (χ2n) is 5.12. The van der Waals surface area contributed by atoms with E-state index < -0.39 is 17.6 Å². The molecule has 0 radical (unpaired) electrons. The fourth-order valence-electron chi connectivity index (χ4n) is 2.50. The lowest BCUT2D eigenvalue weighted by molar-refractivity contribution is -0.473. The van der Waals surface area contributed by atoms with E-state index in [4.69, 9.17) is 9.47 Å². The van der Waals surface area contributed by atoms with E-state index in [2.05, 4.69) is 14.7 Å². The SMILES string of the molecule is COc1ccnc(CS(=O)[n+]2c[nH]c3ccc(OC(F)F)cc32)c1OC. The summed E-state index contributed by atoms with van der Waals surface area (Å²) in [5.74, 6) is 0.893. The number of pyridine rings is 1. The summed E-state index contributed by atoms with van der Waals surface area (Å²) in [4.78, 5) is 7.14. The maximum absolute atomic E-state index is 12.8. The molecule has 2 aromatic heterocycles. The molecule has 1 unspecified atom stereocenters. The predicted molar refractivity (Wildman–Crippen MR) is 89.7 cm³/mol. The van der Waals surface area contributed by atoms with Gasteiger partial charge in [-0.05, 0) is 12.1 Å². The summed E-state index contributed by atoms with van der Waals surface area (Å²) < 4.78 is 54.0. The molecule has 0 aliphatic rings. The zero-order chi connectivity index (χ0) is 18.7. The van der Waals surface area contributed by atoms with Crippen molar-refractivity contribution in [2.24, 2.45) is 0 Å². The van der Waals surface area contributed by atoms with Crippen molar-refractivity contribution in [3.05, 3.63) is 42.5 Å². The lowest BCUT2D eigenvalue weighted by atomic mass is 10.3. The van der Waals surface area contributed by atoms with Gasteiger partial charge in [0.25, 0.3) is 6.33 Å². The van der Waals surface area contributed by atoms with E-state index >= 15 is 0 Å². The van der Waals surface area contributed by atoms with Crippen LogP contribution in [0.25, 0.3) is 11.0 Å². The van der Waals surface area contributed by atoms with Gasteiger partial charge < -0.3 is 14.2 Å². The second-order valence-corrected chi connectivity index (χ2v) is 6.44. The Labute approximate surface area is 150 Å². The highest BCUT2D eigenvalue weighted by atomic mass is 32.2. The van der Waals surface area contributed by atoms with E-state index in [1.807, 2.05) is 0 Å². The van der Waals surface area contributed by atoms with Crippen molar-refractivity contribution in [3.8, 4) is 17.2 Å². The minimum atomic E-state index is -2.93. The number of hydrogen-bond acceptors (Lipinski definition) is 5. The first kappa shape index (κ1) is 18.1. The highest BCUT2D eigenvalue weighted by molar-refractivity contribution is 7.77. The predicted octanol–water partition coefficient (Wildman–Crippen LogP) is 2.18. The summed E-state index contributed by atoms with van der Waals surface area (Å²) in [6.45, 7) is -2.93. The highest BCUT2D eigenvalue weighted by Gasteiger charge is 2.21. The fraction of sp³-hybridized carbons (Fsp3) is 0.250. The van der Waals surface area contributed by atoms with Gasteiger partial charge in [0.1, 0.15) is 17.2 Å². The summed E-state index contributed by atoms with van der Waals surface area (Å²) >= 11 is 0. The Bertz CT molecular complexity index is 948. The number of nitrogens with zero attached hydrogens (tertiary/aromatic N) is 2. The van der Waals surface area contributed by atoms with Crippen molar-refractivity contribution >= 4 is 22.0 Å². The van der Waals surface area contributed by atoms with Crippen LogP contribution < -0.4 is 18.2 Å². The molecule has 3 rings (SSSR count). The van der Waals surface area contributed by atoms with Crippen molar-refractivity contribution in [1.29, 1.82) is 0 Å². The molecule has 0 spiro atoms. The quantitative estimate of drug-likeness (QED) is 0.632. The number of alkyl halides is 2. The van der Waals surface area contributed by atoms with Crippen LogP contribution in [0.3, 0.4) is 0 Å². The summed E-state index contributed by atoms with van der Waals surface area (Å²) in [7, 11) is 1.39. The Balaban J connectivity index is 1.93. The normalized spacial score (nSPS) is 12.3. The van der Waals surface area contributed by atoms with Crippen LogP contribution in [0, 0.1) is 0 Å². The number of H-pyrrole nitrogens is 1. The standard InChI is InChI=1S/C16H15F2N3O4S/c1-23-14-5-6-19-12(15(14)24-2)8-26(22)21-9-20-11-4-3-10(7-13(11)21)25-16(17)18/h3-7,9,16H,8H2,1-2H3/p+1. The molecule has 0 saturated heterocycles. The van der Waals surface area contributed by atoms with Gasteiger partial charge in [0.2, 0.25) is 11.0 Å². The average molecular weight is 384 g/mol. The molecule has 0 amide bonds. The van der Waals surface area contributed by atoms with E-state index in [0.29, 0.717) is 28.2 Å². The van der Waals surface area contributed by atoms with Crippen LogP contribution in [-0.2, 0) is 16.7 Å². The zero-order valence-corrected chi connectivity index (χ0v) is 14.8. The van der Waals surface area contributed by atoms with Gasteiger partial charge in [-0.15, -0.1) is 3.97 Å². The number of imidazole rings is 1. The molecule has 7 nitrogen and oxygen atoms in total. The number of hydrogen-bond donors (Lipinski definition) is 1. The third kappa shape index (κ3) is 3.59. The van der Waals surface area contributed by atoms with Gasteiger partial charge in [0.05, 0.1) is 14.2 Å². The summed E-state index contributed by atoms with van der Waals surface area (Å²) in [5.41, 5.74) is 1.54. The van der Waals surface area contributed by atoms with Gasteiger partial charge in [-0.1, -0.05) is 0 Å². The van der Waals surface area contributed by atoms with Crippen LogP contribution in [-0.4, -0.2) is 35.0 Å². The number of halogens is 2. The summed E-state index contributed by atoms with van der Waals surface area (Å²) in [6.07, 6.45) is 3.03. The second kappa shape index (κ2) is 7.65. The lowest BCUT2D eigenvalue weighted by Crippen LogP contribution is -2.37.